The van der Waals surface area contributed by atoms with Gasteiger partial charge in [-0.3, -0.25) is 9.59 Å². The van der Waals surface area contributed by atoms with Crippen LogP contribution < -0.4 is 10.2 Å². The number of nitrogens with zero attached hydrogens (tertiary/aromatic N) is 4. The number of carbonyl (C=O) groups is 2. The summed E-state index contributed by atoms with van der Waals surface area (Å²) in [4.78, 5) is 35.1. The number of rotatable bonds is 4. The van der Waals surface area contributed by atoms with E-state index in [0.29, 0.717) is 42.7 Å². The number of carbonyl (C=O) groups excluding carboxylic acids is 2. The lowest BCUT2D eigenvalue weighted by molar-refractivity contribution is -0.118. The van der Waals surface area contributed by atoms with Crippen LogP contribution in [0.3, 0.4) is 0 Å². The van der Waals surface area contributed by atoms with E-state index in [9.17, 15) is 9.59 Å². The van der Waals surface area contributed by atoms with Crippen LogP contribution in [0.5, 0.6) is 0 Å². The maximum Gasteiger partial charge on any atom is 0.274 e. The summed E-state index contributed by atoms with van der Waals surface area (Å²) in [6.07, 6.45) is 2.22. The van der Waals surface area contributed by atoms with Crippen molar-refractivity contribution in [3.8, 4) is 0 Å². The van der Waals surface area contributed by atoms with E-state index >= 15 is 0 Å². The van der Waals surface area contributed by atoms with Gasteiger partial charge in [-0.15, -0.1) is 0 Å². The van der Waals surface area contributed by atoms with Gasteiger partial charge in [0.05, 0.1) is 0 Å². The van der Waals surface area contributed by atoms with Gasteiger partial charge >= 0.3 is 0 Å². The third kappa shape index (κ3) is 3.80. The number of nitrogens with one attached hydrogen (secondary N) is 1. The first-order valence-electron chi connectivity index (χ1n) is 7.49. The molecular formula is C16H16ClN5O2. The molecule has 0 spiro atoms. The smallest absolute Gasteiger partial charge is 0.274 e. The molecule has 1 N–H and O–H groups in total. The summed E-state index contributed by atoms with van der Waals surface area (Å²) in [6, 6.07) is 8.51. The normalized spacial score (nSPS) is 14.4. The summed E-state index contributed by atoms with van der Waals surface area (Å²) < 4.78 is 0. The zero-order valence-corrected chi connectivity index (χ0v) is 13.6. The number of anilines is 2. The Kier molecular flexibility index (Phi) is 4.90. The van der Waals surface area contributed by atoms with Gasteiger partial charge in [0.15, 0.2) is 0 Å². The third-order valence-electron chi connectivity index (χ3n) is 3.77. The van der Waals surface area contributed by atoms with Crippen molar-refractivity contribution < 1.29 is 9.59 Å². The van der Waals surface area contributed by atoms with Crippen LogP contribution in [0.1, 0.15) is 10.5 Å². The van der Waals surface area contributed by atoms with Crippen molar-refractivity contribution in [2.24, 2.45) is 0 Å². The van der Waals surface area contributed by atoms with Gasteiger partial charge in [-0.25, -0.2) is 9.97 Å². The van der Waals surface area contributed by atoms with Gasteiger partial charge in [-0.1, -0.05) is 11.6 Å². The molecule has 0 saturated carbocycles. The number of aromatic nitrogens is 2. The van der Waals surface area contributed by atoms with Crippen molar-refractivity contribution in [2.45, 2.75) is 0 Å². The van der Waals surface area contributed by atoms with Crippen molar-refractivity contribution in [1.29, 1.82) is 0 Å². The number of hydrogen-bond acceptors (Lipinski definition) is 5. The molecule has 3 rings (SSSR count). The third-order valence-corrected chi connectivity index (χ3v) is 4.03. The van der Waals surface area contributed by atoms with E-state index in [1.807, 2.05) is 4.90 Å². The number of halogens is 1. The molecule has 1 fully saturated rings. The van der Waals surface area contributed by atoms with Crippen LogP contribution in [0.15, 0.2) is 36.7 Å². The standard InChI is InChI=1S/C16H16ClN5O2/c17-12-1-3-13(4-2-12)20-16(24)14-9-15(19-10-18-14)22-7-5-21(11-23)6-8-22/h1-4,9-11H,5-8H2,(H,20,24). The zero-order valence-electron chi connectivity index (χ0n) is 12.9. The maximum atomic E-state index is 12.3. The van der Waals surface area contributed by atoms with Crippen LogP contribution in [-0.4, -0.2) is 53.4 Å². The topological polar surface area (TPSA) is 78.4 Å². The molecule has 1 aromatic carbocycles. The largest absolute Gasteiger partial charge is 0.353 e. The molecule has 124 valence electrons. The minimum Gasteiger partial charge on any atom is -0.353 e. The van der Waals surface area contributed by atoms with Crippen LogP contribution in [0.25, 0.3) is 0 Å². The summed E-state index contributed by atoms with van der Waals surface area (Å²) in [5.74, 6) is 0.365. The number of hydrogen-bond donors (Lipinski definition) is 1. The minimum absolute atomic E-state index is 0.285. The van der Waals surface area contributed by atoms with Crippen molar-refractivity contribution >= 4 is 35.4 Å². The summed E-state index contributed by atoms with van der Waals surface area (Å²) in [5, 5.41) is 3.37. The molecular weight excluding hydrogens is 330 g/mol. The lowest BCUT2D eigenvalue weighted by Gasteiger charge is -2.33. The molecule has 8 heteroatoms. The first kappa shape index (κ1) is 16.2. The second-order valence-corrected chi connectivity index (χ2v) is 5.79. The molecule has 2 heterocycles. The lowest BCUT2D eigenvalue weighted by Crippen LogP contribution is -2.46. The van der Waals surface area contributed by atoms with Gasteiger partial charge in [-0.05, 0) is 24.3 Å². The quantitative estimate of drug-likeness (QED) is 0.853. The molecule has 0 radical (unpaired) electrons. The summed E-state index contributed by atoms with van der Waals surface area (Å²) in [7, 11) is 0. The molecule has 1 aromatic heterocycles. The average Bonchev–Trinajstić information content (AvgIpc) is 2.64. The molecule has 7 nitrogen and oxygen atoms in total. The Morgan fingerprint density at radius 2 is 1.83 bits per heavy atom. The van der Waals surface area contributed by atoms with Crippen molar-refractivity contribution in [2.75, 3.05) is 36.4 Å². The Labute approximate surface area is 144 Å². The molecule has 0 bridgehead atoms. The first-order chi connectivity index (χ1) is 11.7. The molecule has 1 aliphatic rings. The second kappa shape index (κ2) is 7.27. The van der Waals surface area contributed by atoms with Crippen LogP contribution in [0.2, 0.25) is 5.02 Å². The van der Waals surface area contributed by atoms with Gasteiger partial charge < -0.3 is 15.1 Å². The molecule has 0 unspecified atom stereocenters. The zero-order chi connectivity index (χ0) is 16.9. The summed E-state index contributed by atoms with van der Waals surface area (Å²) >= 11 is 5.83. The van der Waals surface area contributed by atoms with Crippen LogP contribution in [0.4, 0.5) is 11.5 Å². The van der Waals surface area contributed by atoms with Crippen LogP contribution in [-0.2, 0) is 4.79 Å². The Morgan fingerprint density at radius 3 is 2.50 bits per heavy atom. The molecule has 0 aliphatic carbocycles. The van der Waals surface area contributed by atoms with E-state index in [1.54, 1.807) is 35.2 Å². The minimum atomic E-state index is -0.313. The molecule has 2 aromatic rings. The van der Waals surface area contributed by atoms with Gasteiger partial charge in [-0.2, -0.15) is 0 Å². The highest BCUT2D eigenvalue weighted by molar-refractivity contribution is 6.30. The molecule has 2 amide bonds. The van der Waals surface area contributed by atoms with E-state index in [2.05, 4.69) is 15.3 Å². The van der Waals surface area contributed by atoms with Gasteiger partial charge in [0.2, 0.25) is 6.41 Å². The molecule has 24 heavy (non-hydrogen) atoms. The highest BCUT2D eigenvalue weighted by Gasteiger charge is 2.18. The van der Waals surface area contributed by atoms with E-state index in [0.717, 1.165) is 6.41 Å². The SMILES string of the molecule is O=CN1CCN(c2cc(C(=O)Nc3ccc(Cl)cc3)ncn2)CC1. The van der Waals surface area contributed by atoms with Gasteiger partial charge in [0.25, 0.3) is 5.91 Å². The number of benzene rings is 1. The monoisotopic (exact) mass is 345 g/mol. The molecule has 0 atom stereocenters. The Bertz CT molecular complexity index is 730. The predicted octanol–water partition coefficient (Wildman–Crippen LogP) is 1.66. The fourth-order valence-corrected chi connectivity index (χ4v) is 2.55. The van der Waals surface area contributed by atoms with E-state index in [4.69, 9.17) is 11.6 Å². The van der Waals surface area contributed by atoms with E-state index < -0.39 is 0 Å². The lowest BCUT2D eigenvalue weighted by atomic mass is 10.2. The maximum absolute atomic E-state index is 12.3. The van der Waals surface area contributed by atoms with Gasteiger partial charge in [0, 0.05) is 43.0 Å². The highest BCUT2D eigenvalue weighted by Crippen LogP contribution is 2.16. The van der Waals surface area contributed by atoms with Gasteiger partial charge in [0.1, 0.15) is 17.8 Å². The van der Waals surface area contributed by atoms with Crippen molar-refractivity contribution in [3.05, 3.63) is 47.4 Å². The average molecular weight is 346 g/mol. The summed E-state index contributed by atoms with van der Waals surface area (Å²) in [6.45, 7) is 2.63. The van der Waals surface area contributed by atoms with Crippen molar-refractivity contribution in [3.63, 3.8) is 0 Å². The van der Waals surface area contributed by atoms with E-state index in [-0.39, 0.29) is 11.6 Å². The van der Waals surface area contributed by atoms with Crippen LogP contribution >= 0.6 is 11.6 Å². The Hall–Kier alpha value is -2.67. The molecule has 1 aliphatic heterocycles. The van der Waals surface area contributed by atoms with E-state index in [1.165, 1.54) is 6.33 Å². The fraction of sp³-hybridized carbons (Fsp3) is 0.250. The predicted molar refractivity (Wildman–Crippen MR) is 91.3 cm³/mol. The Balaban J connectivity index is 1.69. The van der Waals surface area contributed by atoms with Crippen LogP contribution in [0, 0.1) is 0 Å². The summed E-state index contributed by atoms with van der Waals surface area (Å²) in [5.41, 5.74) is 0.928. The number of piperazine rings is 1. The van der Waals surface area contributed by atoms with Crippen molar-refractivity contribution in [1.82, 2.24) is 14.9 Å². The second-order valence-electron chi connectivity index (χ2n) is 5.35. The Morgan fingerprint density at radius 1 is 1.12 bits per heavy atom. The molecule has 1 saturated heterocycles. The highest BCUT2D eigenvalue weighted by atomic mass is 35.5. The fourth-order valence-electron chi connectivity index (χ4n) is 2.43. The number of amides is 2. The first-order valence-corrected chi connectivity index (χ1v) is 7.87.